The number of aliphatic carboxylic acids is 1. The predicted octanol–water partition coefficient (Wildman–Crippen LogP) is 2.62. The van der Waals surface area contributed by atoms with Crippen LogP contribution in [0.4, 0.5) is 14.5 Å². The minimum atomic E-state index is -3.68. The number of carbonyl (C=O) groups is 2. The number of carbonyl (C=O) groups excluding carboxylic acids is 1. The number of nitro groups is 1. The highest BCUT2D eigenvalue weighted by molar-refractivity contribution is 6.12. The monoisotopic (exact) mass is 364 g/mol. The fourth-order valence-corrected chi connectivity index (χ4v) is 2.48. The van der Waals surface area contributed by atoms with Gasteiger partial charge in [-0.25, -0.2) is 13.6 Å². The number of anilines is 1. The van der Waals surface area contributed by atoms with E-state index in [-0.39, 0.29) is 5.56 Å². The number of alkyl halides is 1. The lowest BCUT2D eigenvalue weighted by atomic mass is 9.82. The summed E-state index contributed by atoms with van der Waals surface area (Å²) >= 11 is 0. The summed E-state index contributed by atoms with van der Waals surface area (Å²) in [5, 5.41) is 22.1. The topological polar surface area (TPSA) is 110 Å². The molecule has 9 heteroatoms. The molecule has 0 aliphatic heterocycles. The second-order valence-electron chi connectivity index (χ2n) is 5.43. The van der Waals surface area contributed by atoms with Crippen LogP contribution in [0.5, 0.6) is 0 Å². The molecule has 2 rings (SSSR count). The van der Waals surface area contributed by atoms with Crippen molar-refractivity contribution in [2.24, 2.45) is 0 Å². The Kier molecular flexibility index (Phi) is 5.61. The molecule has 2 N–H and O–H groups in total. The number of hydrogen-bond donors (Lipinski definition) is 2. The summed E-state index contributed by atoms with van der Waals surface area (Å²) in [5.74, 6) is -6.73. The molecule has 2 aromatic rings. The Morgan fingerprint density at radius 1 is 1.15 bits per heavy atom. The number of halogens is 2. The van der Waals surface area contributed by atoms with Crippen molar-refractivity contribution in [2.45, 2.75) is 11.6 Å². The van der Waals surface area contributed by atoms with E-state index in [1.54, 1.807) is 6.07 Å². The van der Waals surface area contributed by atoms with Gasteiger partial charge in [-0.2, -0.15) is 0 Å². The molecule has 0 aliphatic rings. The Morgan fingerprint density at radius 3 is 2.27 bits per heavy atom. The summed E-state index contributed by atoms with van der Waals surface area (Å²) < 4.78 is 29.1. The second kappa shape index (κ2) is 7.68. The van der Waals surface area contributed by atoms with Gasteiger partial charge < -0.3 is 10.4 Å². The largest absolute Gasteiger partial charge is 0.478 e. The number of carboxylic acids is 1. The normalized spacial score (nSPS) is 14.1. The van der Waals surface area contributed by atoms with Crippen LogP contribution in [-0.4, -0.2) is 34.1 Å². The van der Waals surface area contributed by atoms with Crippen LogP contribution < -0.4 is 5.32 Å². The first kappa shape index (κ1) is 19.0. The number of para-hydroxylation sites is 1. The highest BCUT2D eigenvalue weighted by Gasteiger charge is 2.56. The summed E-state index contributed by atoms with van der Waals surface area (Å²) in [6.07, 6.45) is 0. The average Bonchev–Trinajstić information content (AvgIpc) is 2.61. The van der Waals surface area contributed by atoms with Crippen LogP contribution >= 0.6 is 0 Å². The van der Waals surface area contributed by atoms with Gasteiger partial charge in [-0.05, 0) is 17.7 Å². The maximum absolute atomic E-state index is 15.4. The van der Waals surface area contributed by atoms with Crippen molar-refractivity contribution in [1.29, 1.82) is 0 Å². The molecule has 2 unspecified atom stereocenters. The first-order valence-electron chi connectivity index (χ1n) is 7.41. The molecule has 0 saturated carbocycles. The number of nitrogens with zero attached hydrogens (tertiary/aromatic N) is 1. The van der Waals surface area contributed by atoms with E-state index in [1.165, 1.54) is 36.4 Å². The van der Waals surface area contributed by atoms with Crippen LogP contribution in [-0.2, 0) is 9.59 Å². The van der Waals surface area contributed by atoms with Crippen molar-refractivity contribution in [3.63, 3.8) is 0 Å². The maximum atomic E-state index is 15.4. The zero-order chi connectivity index (χ0) is 19.3. The van der Waals surface area contributed by atoms with E-state index in [2.05, 4.69) is 0 Å². The van der Waals surface area contributed by atoms with Crippen molar-refractivity contribution in [3.05, 3.63) is 76.1 Å². The van der Waals surface area contributed by atoms with Crippen LogP contribution in [0.15, 0.2) is 54.6 Å². The number of benzene rings is 2. The van der Waals surface area contributed by atoms with Crippen molar-refractivity contribution in [2.75, 3.05) is 11.9 Å². The molecular weight excluding hydrogens is 350 g/mol. The molecule has 26 heavy (non-hydrogen) atoms. The van der Waals surface area contributed by atoms with E-state index in [1.807, 2.05) is 5.32 Å². The lowest BCUT2D eigenvalue weighted by Gasteiger charge is -2.27. The summed E-state index contributed by atoms with van der Waals surface area (Å²) in [7, 11) is 0. The van der Waals surface area contributed by atoms with Crippen LogP contribution in [0, 0.1) is 15.9 Å². The second-order valence-corrected chi connectivity index (χ2v) is 5.43. The fraction of sp³-hybridized carbons (Fsp3) is 0.176. The lowest BCUT2D eigenvalue weighted by molar-refractivity contribution is -0.485. The molecule has 1 amide bonds. The van der Waals surface area contributed by atoms with E-state index < -0.39 is 46.4 Å². The van der Waals surface area contributed by atoms with Gasteiger partial charge in [0.1, 0.15) is 11.7 Å². The van der Waals surface area contributed by atoms with Gasteiger partial charge in [-0.3, -0.25) is 14.9 Å². The van der Waals surface area contributed by atoms with Crippen molar-refractivity contribution >= 4 is 17.6 Å². The summed E-state index contributed by atoms with van der Waals surface area (Å²) in [6.45, 7) is -1.14. The van der Waals surface area contributed by atoms with E-state index >= 15 is 4.39 Å². The van der Waals surface area contributed by atoms with Crippen LogP contribution in [0.25, 0.3) is 0 Å². The van der Waals surface area contributed by atoms with Gasteiger partial charge in [0.2, 0.25) is 6.54 Å². The molecule has 2 atom stereocenters. The Labute approximate surface area is 146 Å². The molecule has 0 spiro atoms. The fourth-order valence-electron chi connectivity index (χ4n) is 2.48. The third-order valence-electron chi connectivity index (χ3n) is 3.78. The molecule has 0 bridgehead atoms. The van der Waals surface area contributed by atoms with Gasteiger partial charge in [0, 0.05) is 4.92 Å². The lowest BCUT2D eigenvalue weighted by Crippen LogP contribution is -2.52. The third kappa shape index (κ3) is 3.82. The average molecular weight is 364 g/mol. The number of amides is 1. The summed E-state index contributed by atoms with van der Waals surface area (Å²) in [5.41, 5.74) is -4.16. The van der Waals surface area contributed by atoms with Crippen molar-refractivity contribution in [3.8, 4) is 0 Å². The van der Waals surface area contributed by atoms with E-state index in [9.17, 15) is 29.2 Å². The highest BCUT2D eigenvalue weighted by Crippen LogP contribution is 2.34. The summed E-state index contributed by atoms with van der Waals surface area (Å²) in [6, 6.07) is 11.7. The SMILES string of the molecule is O=C(O)C(F)(C(=O)Nc1ccccc1F)C(C[N+](=O)[O-])c1ccccc1. The molecule has 0 radical (unpaired) electrons. The zero-order valence-electron chi connectivity index (χ0n) is 13.3. The molecular formula is C17H14F2N2O5. The molecule has 7 nitrogen and oxygen atoms in total. The molecule has 0 aromatic heterocycles. The van der Waals surface area contributed by atoms with Gasteiger partial charge in [-0.1, -0.05) is 42.5 Å². The number of carboxylic acid groups (broad SMARTS) is 1. The van der Waals surface area contributed by atoms with Gasteiger partial charge in [-0.15, -0.1) is 0 Å². The van der Waals surface area contributed by atoms with Crippen molar-refractivity contribution in [1.82, 2.24) is 0 Å². The molecule has 136 valence electrons. The van der Waals surface area contributed by atoms with Crippen LogP contribution in [0.2, 0.25) is 0 Å². The van der Waals surface area contributed by atoms with Crippen LogP contribution in [0.1, 0.15) is 11.5 Å². The minimum Gasteiger partial charge on any atom is -0.478 e. The maximum Gasteiger partial charge on any atom is 0.352 e. The number of hydrogen-bond acceptors (Lipinski definition) is 4. The Morgan fingerprint density at radius 2 is 1.73 bits per heavy atom. The Hall–Kier alpha value is -3.36. The molecule has 0 fully saturated rings. The molecule has 0 saturated heterocycles. The summed E-state index contributed by atoms with van der Waals surface area (Å²) in [4.78, 5) is 34.0. The predicted molar refractivity (Wildman–Crippen MR) is 87.5 cm³/mol. The number of nitrogens with one attached hydrogen (secondary N) is 1. The van der Waals surface area contributed by atoms with Gasteiger partial charge in [0.25, 0.3) is 11.6 Å². The quantitative estimate of drug-likeness (QED) is 0.446. The van der Waals surface area contributed by atoms with Gasteiger partial charge in [0.15, 0.2) is 0 Å². The standard InChI is InChI=1S/C17H14F2N2O5/c18-13-8-4-5-9-14(13)20-15(22)17(19,16(23)24)12(10-21(25)26)11-6-2-1-3-7-11/h1-9,12H,10H2,(H,20,22)(H,23,24). The molecule has 0 aliphatic carbocycles. The minimum absolute atomic E-state index is 0.0437. The van der Waals surface area contributed by atoms with Gasteiger partial charge in [0.05, 0.1) is 5.69 Å². The Bertz CT molecular complexity index is 831. The number of rotatable bonds is 7. The van der Waals surface area contributed by atoms with Gasteiger partial charge >= 0.3 is 5.97 Å². The van der Waals surface area contributed by atoms with Crippen molar-refractivity contribution < 1.29 is 28.4 Å². The van der Waals surface area contributed by atoms with Crippen LogP contribution in [0.3, 0.4) is 0 Å². The smallest absolute Gasteiger partial charge is 0.352 e. The molecule has 0 heterocycles. The zero-order valence-corrected chi connectivity index (χ0v) is 13.3. The van der Waals surface area contributed by atoms with E-state index in [0.717, 1.165) is 12.1 Å². The Balaban J connectivity index is 2.47. The third-order valence-corrected chi connectivity index (χ3v) is 3.78. The molecule has 2 aromatic carbocycles. The highest BCUT2D eigenvalue weighted by atomic mass is 19.1. The first-order chi connectivity index (χ1) is 12.3. The van der Waals surface area contributed by atoms with E-state index in [0.29, 0.717) is 0 Å². The first-order valence-corrected chi connectivity index (χ1v) is 7.41. The van der Waals surface area contributed by atoms with E-state index in [4.69, 9.17) is 0 Å².